The molecular formula is C8H8BrFN2. The van der Waals surface area contributed by atoms with Crippen LogP contribution in [-0.2, 0) is 0 Å². The van der Waals surface area contributed by atoms with Crippen molar-refractivity contribution in [1.29, 1.82) is 0 Å². The van der Waals surface area contributed by atoms with Gasteiger partial charge in [-0.3, -0.25) is 0 Å². The lowest BCUT2D eigenvalue weighted by Crippen LogP contribution is -2.01. The number of benzene rings is 1. The molecule has 0 saturated heterocycles. The van der Waals surface area contributed by atoms with Gasteiger partial charge in [-0.05, 0) is 25.1 Å². The number of nitrogens with two attached hydrogens (primary N) is 1. The first kappa shape index (κ1) is 9.19. The van der Waals surface area contributed by atoms with Crippen molar-refractivity contribution in [3.63, 3.8) is 0 Å². The van der Waals surface area contributed by atoms with Crippen molar-refractivity contribution < 1.29 is 4.39 Å². The Hall–Kier alpha value is -0.900. The minimum Gasteiger partial charge on any atom is -0.323 e. The third-order valence-corrected chi connectivity index (χ3v) is 2.01. The van der Waals surface area contributed by atoms with Crippen LogP contribution in [0.4, 0.5) is 4.39 Å². The lowest BCUT2D eigenvalue weighted by atomic mass is 10.1. The topological polar surface area (TPSA) is 38.4 Å². The summed E-state index contributed by atoms with van der Waals surface area (Å²) in [4.78, 5) is 0. The fraction of sp³-hybridized carbons (Fsp3) is 0.125. The Labute approximate surface area is 78.4 Å². The van der Waals surface area contributed by atoms with Crippen molar-refractivity contribution in [2.45, 2.75) is 6.92 Å². The van der Waals surface area contributed by atoms with Gasteiger partial charge < -0.3 is 5.84 Å². The van der Waals surface area contributed by atoms with Gasteiger partial charge in [0, 0.05) is 10.0 Å². The molecule has 0 radical (unpaired) electrons. The molecule has 0 fully saturated rings. The van der Waals surface area contributed by atoms with Crippen LogP contribution < -0.4 is 5.84 Å². The number of hydrazone groups is 1. The number of hydrogen-bond acceptors (Lipinski definition) is 2. The summed E-state index contributed by atoms with van der Waals surface area (Å²) in [6.07, 6.45) is 0. The van der Waals surface area contributed by atoms with E-state index in [0.29, 0.717) is 15.7 Å². The van der Waals surface area contributed by atoms with Gasteiger partial charge in [-0.2, -0.15) is 5.10 Å². The van der Waals surface area contributed by atoms with E-state index < -0.39 is 0 Å². The van der Waals surface area contributed by atoms with E-state index in [1.54, 1.807) is 19.1 Å². The van der Waals surface area contributed by atoms with Crippen molar-refractivity contribution >= 4 is 21.6 Å². The summed E-state index contributed by atoms with van der Waals surface area (Å²) < 4.78 is 13.8. The molecule has 1 aromatic rings. The lowest BCUT2D eigenvalue weighted by Gasteiger charge is -2.00. The Morgan fingerprint density at radius 1 is 1.58 bits per heavy atom. The van der Waals surface area contributed by atoms with Crippen molar-refractivity contribution in [3.8, 4) is 0 Å². The average Bonchev–Trinajstić information content (AvgIpc) is 2.03. The van der Waals surface area contributed by atoms with Crippen molar-refractivity contribution in [2.75, 3.05) is 0 Å². The number of rotatable bonds is 1. The number of nitrogens with zero attached hydrogens (tertiary/aromatic N) is 1. The molecule has 0 spiro atoms. The molecule has 0 aliphatic heterocycles. The predicted molar refractivity (Wildman–Crippen MR) is 50.5 cm³/mol. The molecule has 0 aromatic heterocycles. The minimum atomic E-state index is -0.323. The van der Waals surface area contributed by atoms with Gasteiger partial charge in [0.15, 0.2) is 0 Å². The van der Waals surface area contributed by atoms with Gasteiger partial charge >= 0.3 is 0 Å². The highest BCUT2D eigenvalue weighted by molar-refractivity contribution is 9.10. The zero-order chi connectivity index (χ0) is 9.14. The molecular weight excluding hydrogens is 223 g/mol. The van der Waals surface area contributed by atoms with Crippen LogP contribution in [0.2, 0.25) is 0 Å². The van der Waals surface area contributed by atoms with Gasteiger partial charge in [-0.1, -0.05) is 15.9 Å². The Bertz CT molecular complexity index is 323. The molecule has 12 heavy (non-hydrogen) atoms. The van der Waals surface area contributed by atoms with Gasteiger partial charge in [0.05, 0.1) is 5.71 Å². The van der Waals surface area contributed by atoms with Crippen LogP contribution in [0, 0.1) is 5.82 Å². The quantitative estimate of drug-likeness (QED) is 0.449. The number of halogens is 2. The highest BCUT2D eigenvalue weighted by atomic mass is 79.9. The molecule has 0 aliphatic rings. The first-order chi connectivity index (χ1) is 5.65. The van der Waals surface area contributed by atoms with Crippen LogP contribution in [0.3, 0.4) is 0 Å². The van der Waals surface area contributed by atoms with E-state index in [4.69, 9.17) is 5.84 Å². The van der Waals surface area contributed by atoms with E-state index in [1.165, 1.54) is 6.07 Å². The summed E-state index contributed by atoms with van der Waals surface area (Å²) in [7, 11) is 0. The van der Waals surface area contributed by atoms with E-state index in [-0.39, 0.29) is 5.82 Å². The smallest absolute Gasteiger partial charge is 0.133 e. The van der Waals surface area contributed by atoms with Gasteiger partial charge in [0.1, 0.15) is 5.82 Å². The van der Waals surface area contributed by atoms with Gasteiger partial charge in [-0.15, -0.1) is 0 Å². The zero-order valence-corrected chi connectivity index (χ0v) is 8.10. The molecule has 0 unspecified atom stereocenters. The normalized spacial score (nSPS) is 11.8. The van der Waals surface area contributed by atoms with E-state index >= 15 is 0 Å². The Morgan fingerprint density at radius 2 is 2.25 bits per heavy atom. The summed E-state index contributed by atoms with van der Waals surface area (Å²) in [5, 5.41) is 3.41. The average molecular weight is 231 g/mol. The lowest BCUT2D eigenvalue weighted by molar-refractivity contribution is 0.624. The summed E-state index contributed by atoms with van der Waals surface area (Å²) in [6.45, 7) is 1.66. The first-order valence-electron chi connectivity index (χ1n) is 3.35. The zero-order valence-electron chi connectivity index (χ0n) is 6.51. The van der Waals surface area contributed by atoms with Crippen LogP contribution in [-0.4, -0.2) is 5.71 Å². The van der Waals surface area contributed by atoms with E-state index in [2.05, 4.69) is 21.0 Å². The van der Waals surface area contributed by atoms with Crippen LogP contribution in [0.5, 0.6) is 0 Å². The Kier molecular flexibility index (Phi) is 2.81. The molecule has 0 amide bonds. The second-order valence-corrected chi connectivity index (χ2v) is 3.25. The third-order valence-electron chi connectivity index (χ3n) is 1.51. The molecule has 0 bridgehead atoms. The van der Waals surface area contributed by atoms with Crippen molar-refractivity contribution in [2.24, 2.45) is 10.9 Å². The maximum atomic E-state index is 13.1. The highest BCUT2D eigenvalue weighted by Gasteiger charge is 2.04. The maximum absolute atomic E-state index is 13.1. The van der Waals surface area contributed by atoms with Crippen LogP contribution in [0.25, 0.3) is 0 Å². The fourth-order valence-corrected chi connectivity index (χ4v) is 1.19. The second-order valence-electron chi connectivity index (χ2n) is 2.34. The minimum absolute atomic E-state index is 0.323. The number of hydrogen-bond donors (Lipinski definition) is 1. The third kappa shape index (κ3) is 1.82. The molecule has 2 nitrogen and oxygen atoms in total. The van der Waals surface area contributed by atoms with E-state index in [0.717, 1.165) is 0 Å². The second kappa shape index (κ2) is 3.67. The Balaban J connectivity index is 3.18. The van der Waals surface area contributed by atoms with E-state index in [1.807, 2.05) is 0 Å². The fourth-order valence-electron chi connectivity index (χ4n) is 0.852. The van der Waals surface area contributed by atoms with Gasteiger partial charge in [0.2, 0.25) is 0 Å². The van der Waals surface area contributed by atoms with Gasteiger partial charge in [0.25, 0.3) is 0 Å². The molecule has 4 heteroatoms. The maximum Gasteiger partial charge on any atom is 0.133 e. The molecule has 1 aromatic carbocycles. The molecule has 0 heterocycles. The van der Waals surface area contributed by atoms with Crippen molar-refractivity contribution in [3.05, 3.63) is 34.1 Å². The Morgan fingerprint density at radius 3 is 2.75 bits per heavy atom. The molecule has 2 N–H and O–H groups in total. The summed E-state index contributed by atoms with van der Waals surface area (Å²) in [5.74, 6) is 4.70. The highest BCUT2D eigenvalue weighted by Crippen LogP contribution is 2.15. The van der Waals surface area contributed by atoms with Crippen LogP contribution in [0.1, 0.15) is 12.5 Å². The van der Waals surface area contributed by atoms with Gasteiger partial charge in [-0.25, -0.2) is 4.39 Å². The first-order valence-corrected chi connectivity index (χ1v) is 4.14. The summed E-state index contributed by atoms with van der Waals surface area (Å²) in [6, 6.07) is 4.75. The molecule has 0 atom stereocenters. The monoisotopic (exact) mass is 230 g/mol. The predicted octanol–water partition coefficient (Wildman–Crippen LogP) is 2.27. The largest absolute Gasteiger partial charge is 0.323 e. The SMILES string of the molecule is CC(=NN)c1ccc(Br)cc1F. The van der Waals surface area contributed by atoms with Crippen LogP contribution >= 0.6 is 15.9 Å². The molecule has 0 saturated carbocycles. The van der Waals surface area contributed by atoms with Crippen LogP contribution in [0.15, 0.2) is 27.8 Å². The molecule has 1 rings (SSSR count). The standard InChI is InChI=1S/C8H8BrFN2/c1-5(12-11)7-3-2-6(9)4-8(7)10/h2-4H,11H2,1H3. The van der Waals surface area contributed by atoms with E-state index in [9.17, 15) is 4.39 Å². The molecule has 0 aliphatic carbocycles. The summed E-state index contributed by atoms with van der Waals surface area (Å²) in [5.41, 5.74) is 0.917. The summed E-state index contributed by atoms with van der Waals surface area (Å²) >= 11 is 3.16. The van der Waals surface area contributed by atoms with Crippen molar-refractivity contribution in [1.82, 2.24) is 0 Å². The molecule has 64 valence electrons.